The molecule has 0 fully saturated rings. The van der Waals surface area contributed by atoms with E-state index in [1.165, 1.54) is 17.8 Å². The number of aliphatic carboxylic acids is 1. The van der Waals surface area contributed by atoms with E-state index in [-0.39, 0.29) is 18.0 Å². The highest BCUT2D eigenvalue weighted by Gasteiger charge is 2.31. The molecule has 9 heteroatoms. The molecule has 1 aromatic carbocycles. The monoisotopic (exact) mass is 463 g/mol. The Morgan fingerprint density at radius 2 is 2.09 bits per heavy atom. The Morgan fingerprint density at radius 1 is 1.34 bits per heavy atom. The van der Waals surface area contributed by atoms with E-state index < -0.39 is 23.5 Å². The summed E-state index contributed by atoms with van der Waals surface area (Å²) >= 11 is 1.33. The first-order valence-electron chi connectivity index (χ1n) is 10.6. The number of hydrogen-bond acceptors (Lipinski definition) is 7. The molecule has 2 heterocycles. The zero-order valence-electron chi connectivity index (χ0n) is 18.8. The fraction of sp³-hybridized carbons (Fsp3) is 0.522. The first kappa shape index (κ1) is 24.0. The van der Waals surface area contributed by atoms with Gasteiger partial charge in [0.1, 0.15) is 28.7 Å². The zero-order valence-corrected chi connectivity index (χ0v) is 19.6. The smallest absolute Gasteiger partial charge is 0.336 e. The van der Waals surface area contributed by atoms with Gasteiger partial charge in [-0.3, -0.25) is 4.79 Å². The number of carboxylic acid groups (broad SMARTS) is 1. The van der Waals surface area contributed by atoms with Crippen LogP contribution < -0.4 is 20.4 Å². The second kappa shape index (κ2) is 9.85. The normalized spacial score (nSPS) is 15.5. The summed E-state index contributed by atoms with van der Waals surface area (Å²) in [7, 11) is 0. The molecule has 0 bridgehead atoms. The molecule has 0 unspecified atom stereocenters. The van der Waals surface area contributed by atoms with Gasteiger partial charge in [-0.25, -0.2) is 9.59 Å². The highest BCUT2D eigenvalue weighted by molar-refractivity contribution is 7.98. The first-order valence-corrected chi connectivity index (χ1v) is 12.0. The largest absolute Gasteiger partial charge is 0.487 e. The molecular weight excluding hydrogens is 434 g/mol. The molecule has 8 nitrogen and oxygen atoms in total. The molecule has 0 aliphatic carbocycles. The molecule has 1 aromatic heterocycles. The Kier molecular flexibility index (Phi) is 7.38. The molecule has 1 amide bonds. The van der Waals surface area contributed by atoms with Gasteiger partial charge in [-0.2, -0.15) is 11.8 Å². The minimum Gasteiger partial charge on any atom is -0.487 e. The van der Waals surface area contributed by atoms with E-state index in [1.807, 2.05) is 20.8 Å². The minimum absolute atomic E-state index is 0.248. The second-order valence-electron chi connectivity index (χ2n) is 8.46. The number of thioether (sulfide) groups is 1. The van der Waals surface area contributed by atoms with Crippen molar-refractivity contribution in [2.45, 2.75) is 58.1 Å². The van der Waals surface area contributed by atoms with Gasteiger partial charge in [0.05, 0.1) is 5.39 Å². The van der Waals surface area contributed by atoms with Crippen LogP contribution in [0.4, 0.5) is 0 Å². The number of aryl methyl sites for hydroxylation is 2. The third kappa shape index (κ3) is 5.38. The van der Waals surface area contributed by atoms with E-state index in [0.717, 1.165) is 24.0 Å². The number of carbonyl (C=O) groups excluding carboxylic acids is 1. The Hall–Kier alpha value is -2.68. The van der Waals surface area contributed by atoms with Crippen molar-refractivity contribution < 1.29 is 28.6 Å². The lowest BCUT2D eigenvalue weighted by molar-refractivity contribution is -0.141. The van der Waals surface area contributed by atoms with Crippen molar-refractivity contribution in [1.82, 2.24) is 5.32 Å². The van der Waals surface area contributed by atoms with Crippen LogP contribution in [0.3, 0.4) is 0 Å². The van der Waals surface area contributed by atoms with E-state index in [9.17, 15) is 19.5 Å². The zero-order chi connectivity index (χ0) is 23.5. The van der Waals surface area contributed by atoms with Crippen molar-refractivity contribution in [3.8, 4) is 11.5 Å². The standard InChI is InChI=1S/C23H29NO7S/c1-5-6-13-9-19(26)30-21-14-7-8-23(2,3)31-16(14)10-17(20(13)21)29-11-18(25)24-15(12-32-4)22(27)28/h9-10,15H,5-8,11-12H2,1-4H3,(H,24,25)(H,27,28)/t15-/m0/s1. The number of fused-ring (bicyclic) bond motifs is 3. The molecular formula is C23H29NO7S. The van der Waals surface area contributed by atoms with Crippen molar-refractivity contribution >= 4 is 34.6 Å². The van der Waals surface area contributed by atoms with E-state index in [4.69, 9.17) is 13.9 Å². The fourth-order valence-electron chi connectivity index (χ4n) is 3.82. The summed E-state index contributed by atoms with van der Waals surface area (Å²) < 4.78 is 17.6. The molecule has 2 N–H and O–H groups in total. The number of amides is 1. The molecule has 2 aromatic rings. The van der Waals surface area contributed by atoms with Crippen LogP contribution in [0.2, 0.25) is 0 Å². The van der Waals surface area contributed by atoms with Crippen LogP contribution in [-0.4, -0.2) is 47.2 Å². The van der Waals surface area contributed by atoms with Gasteiger partial charge in [-0.1, -0.05) is 13.3 Å². The van der Waals surface area contributed by atoms with Crippen molar-refractivity contribution in [2.75, 3.05) is 18.6 Å². The molecule has 174 valence electrons. The summed E-state index contributed by atoms with van der Waals surface area (Å²) in [6.45, 7) is 5.60. The Labute approximate surface area is 190 Å². The maximum Gasteiger partial charge on any atom is 0.336 e. The maximum absolute atomic E-state index is 12.4. The number of carboxylic acids is 1. The third-order valence-electron chi connectivity index (χ3n) is 5.33. The van der Waals surface area contributed by atoms with Crippen LogP contribution >= 0.6 is 11.8 Å². The molecule has 0 radical (unpaired) electrons. The summed E-state index contributed by atoms with van der Waals surface area (Å²) in [5, 5.41) is 12.4. The molecule has 0 saturated heterocycles. The van der Waals surface area contributed by atoms with E-state index in [2.05, 4.69) is 5.32 Å². The van der Waals surface area contributed by atoms with Crippen LogP contribution in [0.1, 0.15) is 44.7 Å². The predicted octanol–water partition coefficient (Wildman–Crippen LogP) is 3.16. The molecule has 0 saturated carbocycles. The van der Waals surface area contributed by atoms with Crippen LogP contribution in [0, 0.1) is 0 Å². The van der Waals surface area contributed by atoms with Crippen molar-refractivity contribution in [3.05, 3.63) is 33.7 Å². The molecule has 0 spiro atoms. The van der Waals surface area contributed by atoms with Crippen molar-refractivity contribution in [2.24, 2.45) is 0 Å². The highest BCUT2D eigenvalue weighted by atomic mass is 32.2. The number of ether oxygens (including phenoxy) is 2. The second-order valence-corrected chi connectivity index (χ2v) is 9.37. The molecule has 1 aliphatic heterocycles. The predicted molar refractivity (Wildman–Crippen MR) is 123 cm³/mol. The number of rotatable bonds is 9. The summed E-state index contributed by atoms with van der Waals surface area (Å²) in [4.78, 5) is 35.9. The van der Waals surface area contributed by atoms with E-state index >= 15 is 0 Å². The summed E-state index contributed by atoms with van der Waals surface area (Å²) in [5.74, 6) is -0.470. The van der Waals surface area contributed by atoms with E-state index in [0.29, 0.717) is 35.3 Å². The van der Waals surface area contributed by atoms with Gasteiger partial charge in [0.2, 0.25) is 0 Å². The molecule has 3 rings (SSSR count). The van der Waals surface area contributed by atoms with Crippen LogP contribution in [0.5, 0.6) is 11.5 Å². The summed E-state index contributed by atoms with van der Waals surface area (Å²) in [5.41, 5.74) is 1.20. The Bertz CT molecular complexity index is 1080. The fourth-order valence-corrected chi connectivity index (χ4v) is 4.38. The van der Waals surface area contributed by atoms with Gasteiger partial charge < -0.3 is 24.3 Å². The molecule has 1 atom stereocenters. The van der Waals surface area contributed by atoms with Crippen molar-refractivity contribution in [1.29, 1.82) is 0 Å². The topological polar surface area (TPSA) is 115 Å². The van der Waals surface area contributed by atoms with Crippen LogP contribution in [-0.2, 0) is 22.4 Å². The Morgan fingerprint density at radius 3 is 2.75 bits per heavy atom. The van der Waals surface area contributed by atoms with Crippen LogP contribution in [0.25, 0.3) is 11.0 Å². The average Bonchev–Trinajstić information content (AvgIpc) is 2.70. The van der Waals surface area contributed by atoms with Gasteiger partial charge in [-0.05, 0) is 44.9 Å². The van der Waals surface area contributed by atoms with Gasteiger partial charge >= 0.3 is 11.6 Å². The Balaban J connectivity index is 1.99. The van der Waals surface area contributed by atoms with Crippen LogP contribution in [0.15, 0.2) is 21.3 Å². The van der Waals surface area contributed by atoms with Gasteiger partial charge in [-0.15, -0.1) is 0 Å². The quantitative estimate of drug-likeness (QED) is 0.545. The molecule has 32 heavy (non-hydrogen) atoms. The van der Waals surface area contributed by atoms with Gasteiger partial charge in [0.15, 0.2) is 6.61 Å². The first-order chi connectivity index (χ1) is 15.1. The lowest BCUT2D eigenvalue weighted by Crippen LogP contribution is -2.44. The highest BCUT2D eigenvalue weighted by Crippen LogP contribution is 2.43. The number of hydrogen-bond donors (Lipinski definition) is 2. The molecule has 1 aliphatic rings. The lowest BCUT2D eigenvalue weighted by Gasteiger charge is -2.33. The number of benzene rings is 1. The average molecular weight is 464 g/mol. The van der Waals surface area contributed by atoms with E-state index in [1.54, 1.807) is 12.3 Å². The number of nitrogens with one attached hydrogen (secondary N) is 1. The van der Waals surface area contributed by atoms with Gasteiger partial charge in [0, 0.05) is 23.4 Å². The van der Waals surface area contributed by atoms with Crippen molar-refractivity contribution in [3.63, 3.8) is 0 Å². The number of carbonyl (C=O) groups is 2. The summed E-state index contributed by atoms with van der Waals surface area (Å²) in [6, 6.07) is 2.19. The maximum atomic E-state index is 12.4. The van der Waals surface area contributed by atoms with Gasteiger partial charge in [0.25, 0.3) is 5.91 Å². The minimum atomic E-state index is -1.10. The third-order valence-corrected chi connectivity index (χ3v) is 6.00. The SMILES string of the molecule is CCCc1cc(=O)oc2c3c(cc(OCC(=O)N[C@@H](CSC)C(=O)O)c12)OC(C)(C)CC3. The lowest BCUT2D eigenvalue weighted by atomic mass is 9.91. The summed E-state index contributed by atoms with van der Waals surface area (Å²) in [6.07, 6.45) is 4.68.